The maximum atomic E-state index is 4.61. The number of hydrogen-bond donors (Lipinski definition) is 0. The average molecular weight is 251 g/mol. The van der Waals surface area contributed by atoms with Crippen molar-refractivity contribution < 1.29 is 0 Å². The van der Waals surface area contributed by atoms with Crippen molar-refractivity contribution in [2.75, 3.05) is 0 Å². The van der Waals surface area contributed by atoms with E-state index in [1.165, 1.54) is 24.1 Å². The molecule has 0 N–H and O–H groups in total. The second kappa shape index (κ2) is 4.12. The first-order valence-corrected chi connectivity index (χ1v) is 6.56. The number of nitrogens with zero attached hydrogens (tertiary/aromatic N) is 5. The maximum absolute atomic E-state index is 4.61. The van der Waals surface area contributed by atoms with Gasteiger partial charge in [0.05, 0.1) is 5.69 Å². The van der Waals surface area contributed by atoms with Gasteiger partial charge in [0.25, 0.3) is 5.78 Å². The number of hydrogen-bond acceptors (Lipinski definition) is 4. The van der Waals surface area contributed by atoms with Crippen LogP contribution >= 0.6 is 0 Å². The Morgan fingerprint density at radius 2 is 1.89 bits per heavy atom. The minimum Gasteiger partial charge on any atom is -0.265 e. The van der Waals surface area contributed by atoms with E-state index in [-0.39, 0.29) is 0 Å². The fraction of sp³-hybridized carbons (Fsp3) is 0.286. The number of rotatable bonds is 1. The predicted octanol–water partition coefficient (Wildman–Crippen LogP) is 2.07. The molecule has 1 aliphatic carbocycles. The molecule has 3 heterocycles. The molecule has 0 saturated heterocycles. The first-order chi connectivity index (χ1) is 9.42. The molecule has 0 aliphatic heterocycles. The van der Waals surface area contributed by atoms with Gasteiger partial charge >= 0.3 is 0 Å². The van der Waals surface area contributed by atoms with Crippen LogP contribution in [0.15, 0.2) is 30.7 Å². The molecule has 0 atom stereocenters. The molecular formula is C14H13N5. The molecule has 3 aromatic heterocycles. The van der Waals surface area contributed by atoms with Crippen LogP contribution in [0.1, 0.15) is 24.1 Å². The third-order valence-corrected chi connectivity index (χ3v) is 3.60. The second-order valence-corrected chi connectivity index (χ2v) is 4.82. The van der Waals surface area contributed by atoms with Gasteiger partial charge in [-0.1, -0.05) is 0 Å². The average Bonchev–Trinajstić information content (AvgIpc) is 2.93. The van der Waals surface area contributed by atoms with Crippen LogP contribution in [-0.2, 0) is 12.8 Å². The zero-order valence-electron chi connectivity index (χ0n) is 10.5. The fourth-order valence-electron chi connectivity index (χ4n) is 2.62. The molecule has 0 saturated carbocycles. The van der Waals surface area contributed by atoms with Crippen molar-refractivity contribution in [3.63, 3.8) is 0 Å². The first-order valence-electron chi connectivity index (χ1n) is 6.56. The smallest absolute Gasteiger partial charge is 0.252 e. The van der Waals surface area contributed by atoms with Crippen LogP contribution in [0.2, 0.25) is 0 Å². The highest BCUT2D eigenvalue weighted by Crippen LogP contribution is 2.22. The lowest BCUT2D eigenvalue weighted by Crippen LogP contribution is -2.10. The summed E-state index contributed by atoms with van der Waals surface area (Å²) >= 11 is 0. The summed E-state index contributed by atoms with van der Waals surface area (Å²) in [5, 5.41) is 4.61. The van der Waals surface area contributed by atoms with Crippen molar-refractivity contribution >= 4 is 5.78 Å². The molecule has 4 rings (SSSR count). The normalized spacial score (nSPS) is 14.5. The fourth-order valence-corrected chi connectivity index (χ4v) is 2.62. The van der Waals surface area contributed by atoms with Gasteiger partial charge in [0, 0.05) is 24.2 Å². The molecule has 0 spiro atoms. The molecule has 19 heavy (non-hydrogen) atoms. The summed E-state index contributed by atoms with van der Waals surface area (Å²) in [5.41, 5.74) is 3.55. The summed E-state index contributed by atoms with van der Waals surface area (Å²) < 4.78 is 1.91. The standard InChI is InChI=1S/C14H13N5/c1-2-4-12-11(3-1)9-16-14-17-13(18-19(12)14)10-5-7-15-8-6-10/h5-9H,1-4H2. The van der Waals surface area contributed by atoms with E-state index < -0.39 is 0 Å². The minimum absolute atomic E-state index is 0.687. The van der Waals surface area contributed by atoms with Gasteiger partial charge in [-0.15, -0.1) is 5.10 Å². The number of aryl methyl sites for hydroxylation is 2. The van der Waals surface area contributed by atoms with E-state index in [9.17, 15) is 0 Å². The maximum Gasteiger partial charge on any atom is 0.252 e. The quantitative estimate of drug-likeness (QED) is 0.664. The molecule has 1 aliphatic rings. The monoisotopic (exact) mass is 251 g/mol. The number of pyridine rings is 1. The van der Waals surface area contributed by atoms with Crippen LogP contribution in [0, 0.1) is 0 Å². The highest BCUT2D eigenvalue weighted by Gasteiger charge is 2.16. The lowest BCUT2D eigenvalue weighted by Gasteiger charge is -2.14. The molecule has 0 aromatic carbocycles. The van der Waals surface area contributed by atoms with Crippen molar-refractivity contribution in [2.45, 2.75) is 25.7 Å². The van der Waals surface area contributed by atoms with Crippen molar-refractivity contribution in [3.05, 3.63) is 42.0 Å². The molecule has 0 unspecified atom stereocenters. The van der Waals surface area contributed by atoms with E-state index in [1.54, 1.807) is 12.4 Å². The van der Waals surface area contributed by atoms with Gasteiger partial charge in [0.1, 0.15) is 0 Å². The number of fused-ring (bicyclic) bond motifs is 3. The van der Waals surface area contributed by atoms with E-state index >= 15 is 0 Å². The lowest BCUT2D eigenvalue weighted by molar-refractivity contribution is 0.640. The van der Waals surface area contributed by atoms with Crippen LogP contribution in [-0.4, -0.2) is 24.6 Å². The van der Waals surface area contributed by atoms with Gasteiger partial charge in [-0.2, -0.15) is 4.98 Å². The predicted molar refractivity (Wildman–Crippen MR) is 70.7 cm³/mol. The summed E-state index contributed by atoms with van der Waals surface area (Å²) in [6, 6.07) is 3.84. The second-order valence-electron chi connectivity index (χ2n) is 4.82. The Kier molecular flexibility index (Phi) is 2.30. The van der Waals surface area contributed by atoms with Crippen molar-refractivity contribution in [1.82, 2.24) is 24.6 Å². The Bertz CT molecular complexity index is 732. The highest BCUT2D eigenvalue weighted by molar-refractivity contribution is 5.56. The van der Waals surface area contributed by atoms with E-state index in [4.69, 9.17) is 0 Å². The molecule has 5 heteroatoms. The highest BCUT2D eigenvalue weighted by atomic mass is 15.3. The van der Waals surface area contributed by atoms with Gasteiger partial charge in [-0.25, -0.2) is 9.50 Å². The van der Waals surface area contributed by atoms with Crippen molar-refractivity contribution in [3.8, 4) is 11.4 Å². The molecule has 0 fully saturated rings. The Morgan fingerprint density at radius 3 is 2.79 bits per heavy atom. The molecule has 0 radical (unpaired) electrons. The third kappa shape index (κ3) is 1.69. The zero-order valence-corrected chi connectivity index (χ0v) is 10.5. The minimum atomic E-state index is 0.687. The van der Waals surface area contributed by atoms with Crippen molar-refractivity contribution in [1.29, 1.82) is 0 Å². The topological polar surface area (TPSA) is 56.0 Å². The Labute approximate surface area is 110 Å². The van der Waals surface area contributed by atoms with Crippen LogP contribution in [0.3, 0.4) is 0 Å². The summed E-state index contributed by atoms with van der Waals surface area (Å²) in [4.78, 5) is 12.9. The van der Waals surface area contributed by atoms with Gasteiger partial charge in [0.15, 0.2) is 5.82 Å². The Balaban J connectivity index is 1.92. The first kappa shape index (κ1) is 10.6. The van der Waals surface area contributed by atoms with E-state index in [0.29, 0.717) is 11.6 Å². The van der Waals surface area contributed by atoms with Crippen molar-refractivity contribution in [2.24, 2.45) is 0 Å². The third-order valence-electron chi connectivity index (χ3n) is 3.60. The summed E-state index contributed by atoms with van der Waals surface area (Å²) in [6.45, 7) is 0. The molecule has 3 aromatic rings. The van der Waals surface area contributed by atoms with Crippen LogP contribution < -0.4 is 0 Å². The van der Waals surface area contributed by atoms with E-state index in [2.05, 4.69) is 20.1 Å². The van der Waals surface area contributed by atoms with Gasteiger partial charge < -0.3 is 0 Å². The lowest BCUT2D eigenvalue weighted by atomic mass is 9.98. The van der Waals surface area contributed by atoms with Gasteiger partial charge in [-0.05, 0) is 43.4 Å². The molecule has 0 amide bonds. The molecule has 5 nitrogen and oxygen atoms in total. The van der Waals surface area contributed by atoms with Gasteiger partial charge in [0.2, 0.25) is 0 Å². The Morgan fingerprint density at radius 1 is 1.05 bits per heavy atom. The van der Waals surface area contributed by atoms with Crippen LogP contribution in [0.5, 0.6) is 0 Å². The number of aromatic nitrogens is 5. The molecule has 0 bridgehead atoms. The van der Waals surface area contributed by atoms with E-state index in [1.807, 2.05) is 22.8 Å². The van der Waals surface area contributed by atoms with Gasteiger partial charge in [-0.3, -0.25) is 4.98 Å². The Hall–Kier alpha value is -2.30. The van der Waals surface area contributed by atoms with Crippen LogP contribution in [0.4, 0.5) is 0 Å². The van der Waals surface area contributed by atoms with E-state index in [0.717, 1.165) is 18.4 Å². The summed E-state index contributed by atoms with van der Waals surface area (Å²) in [6.07, 6.45) is 10.1. The SMILES string of the molecule is c1cc(-c2nc3ncc4c(n3n2)CCCC4)ccn1. The van der Waals surface area contributed by atoms with Crippen LogP contribution in [0.25, 0.3) is 17.2 Å². The summed E-state index contributed by atoms with van der Waals surface area (Å²) in [7, 11) is 0. The molecule has 94 valence electrons. The largest absolute Gasteiger partial charge is 0.265 e. The summed E-state index contributed by atoms with van der Waals surface area (Å²) in [5.74, 6) is 1.40. The molecular weight excluding hydrogens is 238 g/mol. The zero-order chi connectivity index (χ0) is 12.7.